The Hall–Kier alpha value is -1.82. The van der Waals surface area contributed by atoms with Crippen molar-refractivity contribution < 1.29 is 4.52 Å². The van der Waals surface area contributed by atoms with E-state index >= 15 is 0 Å². The molecule has 0 unspecified atom stereocenters. The average molecular weight is 379 g/mol. The molecule has 0 radical (unpaired) electrons. The molecule has 0 saturated carbocycles. The van der Waals surface area contributed by atoms with Crippen LogP contribution in [-0.2, 0) is 13.0 Å². The number of guanidine groups is 1. The fraction of sp³-hybridized carbons (Fsp3) is 0.412. The second kappa shape index (κ2) is 8.15. The number of hydrogen-bond donors (Lipinski definition) is 1. The Balaban J connectivity index is 1.91. The summed E-state index contributed by atoms with van der Waals surface area (Å²) in [6.45, 7) is 5.49. The number of benzene rings is 1. The van der Waals surface area contributed by atoms with Crippen molar-refractivity contribution in [3.63, 3.8) is 0 Å². The number of nitrogens with zero attached hydrogens (tertiary/aromatic N) is 3. The first-order valence-corrected chi connectivity index (χ1v) is 8.39. The van der Waals surface area contributed by atoms with E-state index in [1.165, 1.54) is 11.1 Å². The topological polar surface area (TPSA) is 53.7 Å². The second-order valence-electron chi connectivity index (χ2n) is 5.47. The van der Waals surface area contributed by atoms with Crippen LogP contribution in [0.2, 0.25) is 0 Å². The van der Waals surface area contributed by atoms with E-state index < -0.39 is 0 Å². The summed E-state index contributed by atoms with van der Waals surface area (Å²) in [5, 5.41) is 7.38. The standard InChI is InChI=1S/C17H23BrN4O/c1-12-15(13(2)23-21-12)9-10-20-17(19-3)22(4)11-14-7-5-6-8-16(14)18/h5-8H,9-11H2,1-4H3,(H,19,20). The minimum Gasteiger partial charge on any atom is -0.361 e. The van der Waals surface area contributed by atoms with Crippen LogP contribution < -0.4 is 5.32 Å². The molecule has 1 N–H and O–H groups in total. The Morgan fingerprint density at radius 2 is 2.09 bits per heavy atom. The number of nitrogens with one attached hydrogen (secondary N) is 1. The predicted octanol–water partition coefficient (Wildman–Crippen LogP) is 3.30. The van der Waals surface area contributed by atoms with Gasteiger partial charge in [0.25, 0.3) is 0 Å². The van der Waals surface area contributed by atoms with Gasteiger partial charge in [-0.15, -0.1) is 0 Å². The van der Waals surface area contributed by atoms with Gasteiger partial charge in [0.05, 0.1) is 5.69 Å². The summed E-state index contributed by atoms with van der Waals surface area (Å²) in [5.41, 5.74) is 3.35. The molecule has 23 heavy (non-hydrogen) atoms. The fourth-order valence-electron chi connectivity index (χ4n) is 2.50. The first kappa shape index (κ1) is 17.5. The van der Waals surface area contributed by atoms with Crippen LogP contribution in [0.4, 0.5) is 0 Å². The van der Waals surface area contributed by atoms with E-state index in [1.807, 2.05) is 33.0 Å². The van der Waals surface area contributed by atoms with Crippen molar-refractivity contribution in [2.45, 2.75) is 26.8 Å². The summed E-state index contributed by atoms with van der Waals surface area (Å²) in [6, 6.07) is 8.22. The minimum absolute atomic E-state index is 0.784. The van der Waals surface area contributed by atoms with Crippen LogP contribution in [0.5, 0.6) is 0 Å². The maximum Gasteiger partial charge on any atom is 0.193 e. The lowest BCUT2D eigenvalue weighted by Gasteiger charge is -2.22. The van der Waals surface area contributed by atoms with Gasteiger partial charge < -0.3 is 14.7 Å². The Bertz CT molecular complexity index is 661. The van der Waals surface area contributed by atoms with Crippen molar-refractivity contribution >= 4 is 21.9 Å². The third-order valence-corrected chi connectivity index (χ3v) is 4.55. The monoisotopic (exact) mass is 378 g/mol. The van der Waals surface area contributed by atoms with Gasteiger partial charge in [0.15, 0.2) is 5.96 Å². The van der Waals surface area contributed by atoms with Gasteiger partial charge in [-0.25, -0.2) is 0 Å². The number of rotatable bonds is 5. The Labute approximate surface area is 145 Å². The first-order chi connectivity index (χ1) is 11.0. The summed E-state index contributed by atoms with van der Waals surface area (Å²) in [7, 11) is 3.83. The lowest BCUT2D eigenvalue weighted by Crippen LogP contribution is -2.39. The van der Waals surface area contributed by atoms with Gasteiger partial charge in [-0.2, -0.15) is 0 Å². The van der Waals surface area contributed by atoms with Crippen molar-refractivity contribution in [1.82, 2.24) is 15.4 Å². The van der Waals surface area contributed by atoms with Crippen molar-refractivity contribution in [3.05, 3.63) is 51.3 Å². The van der Waals surface area contributed by atoms with Crippen molar-refractivity contribution in [2.24, 2.45) is 4.99 Å². The van der Waals surface area contributed by atoms with E-state index in [1.54, 1.807) is 7.05 Å². The highest BCUT2D eigenvalue weighted by molar-refractivity contribution is 9.10. The first-order valence-electron chi connectivity index (χ1n) is 7.60. The molecule has 0 saturated heterocycles. The molecule has 124 valence electrons. The smallest absolute Gasteiger partial charge is 0.193 e. The van der Waals surface area contributed by atoms with E-state index in [2.05, 4.69) is 48.4 Å². The quantitative estimate of drug-likeness (QED) is 0.640. The molecule has 0 aliphatic rings. The number of aliphatic imine (C=N–C) groups is 1. The van der Waals surface area contributed by atoms with E-state index in [4.69, 9.17) is 4.52 Å². The Kier molecular flexibility index (Phi) is 6.21. The summed E-state index contributed by atoms with van der Waals surface area (Å²) >= 11 is 3.59. The van der Waals surface area contributed by atoms with Gasteiger partial charge in [0.2, 0.25) is 0 Å². The van der Waals surface area contributed by atoms with Crippen LogP contribution in [-0.4, -0.2) is 36.7 Å². The second-order valence-corrected chi connectivity index (χ2v) is 6.33. The van der Waals surface area contributed by atoms with E-state index in [-0.39, 0.29) is 0 Å². The highest BCUT2D eigenvalue weighted by Gasteiger charge is 2.11. The van der Waals surface area contributed by atoms with Crippen LogP contribution in [0.3, 0.4) is 0 Å². The summed E-state index contributed by atoms with van der Waals surface area (Å²) in [6.07, 6.45) is 0.864. The van der Waals surface area contributed by atoms with E-state index in [0.717, 1.165) is 41.4 Å². The molecule has 1 aromatic carbocycles. The van der Waals surface area contributed by atoms with Gasteiger partial charge in [-0.1, -0.05) is 39.3 Å². The molecule has 0 spiro atoms. The summed E-state index contributed by atoms with van der Waals surface area (Å²) in [5.74, 6) is 1.76. The van der Waals surface area contributed by atoms with Crippen molar-refractivity contribution in [1.29, 1.82) is 0 Å². The van der Waals surface area contributed by atoms with Crippen LogP contribution >= 0.6 is 15.9 Å². The van der Waals surface area contributed by atoms with Crippen molar-refractivity contribution in [2.75, 3.05) is 20.6 Å². The maximum absolute atomic E-state index is 5.20. The van der Waals surface area contributed by atoms with Gasteiger partial charge >= 0.3 is 0 Å². The molecular weight excluding hydrogens is 356 g/mol. The van der Waals surface area contributed by atoms with Gasteiger partial charge in [0.1, 0.15) is 5.76 Å². The van der Waals surface area contributed by atoms with Gasteiger partial charge in [-0.3, -0.25) is 4.99 Å². The summed E-state index contributed by atoms with van der Waals surface area (Å²) < 4.78 is 6.30. The number of halogens is 1. The molecule has 0 aliphatic carbocycles. The average Bonchev–Trinajstić information content (AvgIpc) is 2.85. The Morgan fingerprint density at radius 1 is 1.35 bits per heavy atom. The zero-order chi connectivity index (χ0) is 16.8. The Morgan fingerprint density at radius 3 is 2.70 bits per heavy atom. The molecule has 6 heteroatoms. The minimum atomic E-state index is 0.784. The largest absolute Gasteiger partial charge is 0.361 e. The molecule has 0 fully saturated rings. The molecule has 0 aliphatic heterocycles. The van der Waals surface area contributed by atoms with Crippen LogP contribution in [0.25, 0.3) is 0 Å². The predicted molar refractivity (Wildman–Crippen MR) is 96.7 cm³/mol. The van der Waals surface area contributed by atoms with E-state index in [9.17, 15) is 0 Å². The molecule has 0 amide bonds. The lowest BCUT2D eigenvalue weighted by atomic mass is 10.1. The molecule has 0 bridgehead atoms. The molecular formula is C17H23BrN4O. The van der Waals surface area contributed by atoms with Gasteiger partial charge in [0, 0.05) is 37.2 Å². The van der Waals surface area contributed by atoms with Crippen LogP contribution in [0.15, 0.2) is 38.3 Å². The lowest BCUT2D eigenvalue weighted by molar-refractivity contribution is 0.392. The number of hydrogen-bond acceptors (Lipinski definition) is 3. The SMILES string of the molecule is CN=C(NCCc1c(C)noc1C)N(C)Cc1ccccc1Br. The highest BCUT2D eigenvalue weighted by atomic mass is 79.9. The maximum atomic E-state index is 5.20. The van der Waals surface area contributed by atoms with Crippen molar-refractivity contribution in [3.8, 4) is 0 Å². The molecule has 1 aromatic heterocycles. The van der Waals surface area contributed by atoms with Crippen LogP contribution in [0.1, 0.15) is 22.6 Å². The van der Waals surface area contributed by atoms with E-state index in [0.29, 0.717) is 0 Å². The molecule has 0 atom stereocenters. The molecule has 2 rings (SSSR count). The normalized spacial score (nSPS) is 11.6. The molecule has 5 nitrogen and oxygen atoms in total. The highest BCUT2D eigenvalue weighted by Crippen LogP contribution is 2.17. The number of aromatic nitrogens is 1. The van der Waals surface area contributed by atoms with Crippen LogP contribution in [0, 0.1) is 13.8 Å². The third-order valence-electron chi connectivity index (χ3n) is 3.78. The molecule has 1 heterocycles. The fourth-order valence-corrected chi connectivity index (χ4v) is 2.91. The third kappa shape index (κ3) is 4.58. The van der Waals surface area contributed by atoms with Gasteiger partial charge in [-0.05, 0) is 31.9 Å². The summed E-state index contributed by atoms with van der Waals surface area (Å²) in [4.78, 5) is 6.46. The molecule has 2 aromatic rings. The zero-order valence-corrected chi connectivity index (χ0v) is 15.6. The number of aryl methyl sites for hydroxylation is 2. The zero-order valence-electron chi connectivity index (χ0n) is 14.1.